The Morgan fingerprint density at radius 3 is 2.33 bits per heavy atom. The van der Waals surface area contributed by atoms with Gasteiger partial charge in [0.1, 0.15) is 6.04 Å². The van der Waals surface area contributed by atoms with Crippen molar-refractivity contribution in [3.05, 3.63) is 11.8 Å². The maximum atomic E-state index is 11.3. The molecule has 0 bridgehead atoms. The van der Waals surface area contributed by atoms with Crippen molar-refractivity contribution in [3.63, 3.8) is 0 Å². The molecule has 0 amide bonds. The fourth-order valence-corrected chi connectivity index (χ4v) is 1.24. The second-order valence-electron chi connectivity index (χ2n) is 4.23. The van der Waals surface area contributed by atoms with E-state index in [2.05, 4.69) is 5.32 Å². The van der Waals surface area contributed by atoms with Gasteiger partial charge in [0.2, 0.25) is 0 Å². The first-order valence-electron chi connectivity index (χ1n) is 5.71. The predicted molar refractivity (Wildman–Crippen MR) is 71.6 cm³/mol. The summed E-state index contributed by atoms with van der Waals surface area (Å²) < 4.78 is 4.78. The molecule has 100 valence electrons. The molecular formula is C12H22NNaO4. The number of aliphatic carboxylic acids is 1. The van der Waals surface area contributed by atoms with Crippen LogP contribution in [0.1, 0.15) is 34.1 Å². The van der Waals surface area contributed by atoms with Gasteiger partial charge in [-0.1, -0.05) is 13.8 Å². The van der Waals surface area contributed by atoms with Crippen molar-refractivity contribution < 1.29 is 19.4 Å². The van der Waals surface area contributed by atoms with Crippen LogP contribution in [0.3, 0.4) is 0 Å². The summed E-state index contributed by atoms with van der Waals surface area (Å²) in [6.07, 6.45) is 1.90. The van der Waals surface area contributed by atoms with Crippen molar-refractivity contribution in [1.29, 1.82) is 0 Å². The van der Waals surface area contributed by atoms with Crippen LogP contribution in [0.25, 0.3) is 0 Å². The van der Waals surface area contributed by atoms with Crippen LogP contribution in [0, 0.1) is 5.92 Å². The molecule has 0 heterocycles. The normalized spacial score (nSPS) is 12.6. The minimum absolute atomic E-state index is 0. The van der Waals surface area contributed by atoms with Gasteiger partial charge in [-0.05, 0) is 26.2 Å². The van der Waals surface area contributed by atoms with E-state index in [0.717, 1.165) is 0 Å². The number of rotatable bonds is 7. The van der Waals surface area contributed by atoms with E-state index in [0.29, 0.717) is 18.6 Å². The standard InChI is InChI=1S/C12H21NO4.Na.H/c1-5-17-12(16)9(4)7-13-10(11(14)15)6-8(2)3;;/h7-8,10,13H,5-6H2,1-4H3,(H,14,15);;/t10-;;/m0../s1. The van der Waals surface area contributed by atoms with Crippen LogP contribution in [0.4, 0.5) is 0 Å². The van der Waals surface area contributed by atoms with Crippen molar-refractivity contribution in [2.75, 3.05) is 6.61 Å². The molecule has 0 aliphatic rings. The first kappa shape index (κ1) is 19.8. The monoisotopic (exact) mass is 267 g/mol. The van der Waals surface area contributed by atoms with Crippen LogP contribution in [-0.2, 0) is 14.3 Å². The number of hydrogen-bond acceptors (Lipinski definition) is 4. The SMILES string of the molecule is CCOC(=O)C(C)=CN[C@@H](CC(C)C)C(=O)O.[NaH]. The molecule has 1 atom stereocenters. The molecule has 0 saturated heterocycles. The average Bonchev–Trinajstić information content (AvgIpc) is 2.23. The quantitative estimate of drug-likeness (QED) is 0.407. The molecule has 5 nitrogen and oxygen atoms in total. The van der Waals surface area contributed by atoms with Gasteiger partial charge in [0.15, 0.2) is 0 Å². The van der Waals surface area contributed by atoms with E-state index in [1.807, 2.05) is 13.8 Å². The molecule has 6 heteroatoms. The number of carbonyl (C=O) groups is 2. The van der Waals surface area contributed by atoms with Gasteiger partial charge in [0, 0.05) is 11.8 Å². The molecule has 0 spiro atoms. The maximum absolute atomic E-state index is 11.3. The summed E-state index contributed by atoms with van der Waals surface area (Å²) >= 11 is 0. The van der Waals surface area contributed by atoms with Gasteiger partial charge < -0.3 is 15.2 Å². The molecule has 2 N–H and O–H groups in total. The minimum atomic E-state index is -0.924. The molecule has 0 rings (SSSR count). The predicted octanol–water partition coefficient (Wildman–Crippen LogP) is 0.894. The number of esters is 1. The summed E-state index contributed by atoms with van der Waals surface area (Å²) in [5, 5.41) is 11.7. The van der Waals surface area contributed by atoms with Crippen LogP contribution < -0.4 is 5.32 Å². The Balaban J connectivity index is 0. The molecule has 0 aliphatic carbocycles. The van der Waals surface area contributed by atoms with Gasteiger partial charge in [-0.3, -0.25) is 0 Å². The summed E-state index contributed by atoms with van der Waals surface area (Å²) in [4.78, 5) is 22.2. The van der Waals surface area contributed by atoms with E-state index >= 15 is 0 Å². The zero-order valence-electron chi connectivity index (χ0n) is 10.8. The molecule has 0 saturated carbocycles. The zero-order valence-corrected chi connectivity index (χ0v) is 10.8. The third-order valence-corrected chi connectivity index (χ3v) is 2.10. The van der Waals surface area contributed by atoms with Crippen molar-refractivity contribution in [2.24, 2.45) is 5.92 Å². The fourth-order valence-electron chi connectivity index (χ4n) is 1.24. The summed E-state index contributed by atoms with van der Waals surface area (Å²) in [6.45, 7) is 7.49. The van der Waals surface area contributed by atoms with Crippen LogP contribution in [0.15, 0.2) is 11.8 Å². The van der Waals surface area contributed by atoms with Gasteiger partial charge in [0.05, 0.1) is 6.61 Å². The number of hydrogen-bond donors (Lipinski definition) is 2. The summed E-state index contributed by atoms with van der Waals surface area (Å²) in [5.74, 6) is -1.10. The van der Waals surface area contributed by atoms with E-state index in [4.69, 9.17) is 9.84 Å². The van der Waals surface area contributed by atoms with Crippen LogP contribution in [0.2, 0.25) is 0 Å². The summed E-state index contributed by atoms with van der Waals surface area (Å²) in [5.41, 5.74) is 0.363. The van der Waals surface area contributed by atoms with Gasteiger partial charge in [-0.15, -0.1) is 0 Å². The molecule has 0 aromatic carbocycles. The molecule has 0 unspecified atom stereocenters. The van der Waals surface area contributed by atoms with Gasteiger partial charge in [-0.2, -0.15) is 0 Å². The molecular weight excluding hydrogens is 245 g/mol. The second-order valence-corrected chi connectivity index (χ2v) is 4.23. The fraction of sp³-hybridized carbons (Fsp3) is 0.667. The van der Waals surface area contributed by atoms with E-state index in [9.17, 15) is 9.59 Å². The summed E-state index contributed by atoms with van der Waals surface area (Å²) in [6, 6.07) is -0.681. The first-order valence-corrected chi connectivity index (χ1v) is 5.71. The number of carboxylic acid groups (broad SMARTS) is 1. The Morgan fingerprint density at radius 2 is 1.94 bits per heavy atom. The first-order chi connectivity index (χ1) is 7.88. The molecule has 0 fully saturated rings. The Bertz CT molecular complexity index is 302. The van der Waals surface area contributed by atoms with Crippen molar-refractivity contribution in [2.45, 2.75) is 40.2 Å². The molecule has 18 heavy (non-hydrogen) atoms. The Morgan fingerprint density at radius 1 is 1.39 bits per heavy atom. The van der Waals surface area contributed by atoms with Crippen molar-refractivity contribution in [3.8, 4) is 0 Å². The third-order valence-electron chi connectivity index (χ3n) is 2.10. The number of carbonyl (C=O) groups excluding carboxylic acids is 1. The van der Waals surface area contributed by atoms with E-state index in [1.165, 1.54) is 6.20 Å². The van der Waals surface area contributed by atoms with Crippen LogP contribution in [0.5, 0.6) is 0 Å². The summed E-state index contributed by atoms with van der Waals surface area (Å²) in [7, 11) is 0. The van der Waals surface area contributed by atoms with E-state index in [-0.39, 0.29) is 35.5 Å². The zero-order chi connectivity index (χ0) is 13.4. The van der Waals surface area contributed by atoms with Crippen LogP contribution >= 0.6 is 0 Å². The van der Waals surface area contributed by atoms with Crippen LogP contribution in [-0.4, -0.2) is 59.3 Å². The Kier molecular flexibility index (Phi) is 11.5. The average molecular weight is 267 g/mol. The molecule has 0 aromatic heterocycles. The number of nitrogens with one attached hydrogen (secondary N) is 1. The van der Waals surface area contributed by atoms with E-state index in [1.54, 1.807) is 13.8 Å². The van der Waals surface area contributed by atoms with Crippen molar-refractivity contribution >= 4 is 41.5 Å². The molecule has 0 aliphatic heterocycles. The Hall–Kier alpha value is -0.520. The van der Waals surface area contributed by atoms with E-state index < -0.39 is 18.0 Å². The van der Waals surface area contributed by atoms with Gasteiger partial charge in [0.25, 0.3) is 0 Å². The Labute approximate surface area is 130 Å². The third kappa shape index (κ3) is 8.55. The molecule has 0 aromatic rings. The van der Waals surface area contributed by atoms with Crippen molar-refractivity contribution in [1.82, 2.24) is 5.32 Å². The molecule has 0 radical (unpaired) electrons. The second kappa shape index (κ2) is 10.4. The topological polar surface area (TPSA) is 75.6 Å². The van der Waals surface area contributed by atoms with Gasteiger partial charge >= 0.3 is 41.5 Å². The van der Waals surface area contributed by atoms with Gasteiger partial charge in [-0.25, -0.2) is 9.59 Å². The number of carboxylic acids is 1. The number of ether oxygens (including phenoxy) is 1.